The van der Waals surface area contributed by atoms with E-state index in [1.54, 1.807) is 30.9 Å². The third kappa shape index (κ3) is 4.12. The molecule has 0 fully saturated rings. The minimum absolute atomic E-state index is 0.274. The van der Waals surface area contributed by atoms with Crippen LogP contribution in [-0.4, -0.2) is 35.9 Å². The highest BCUT2D eigenvalue weighted by Crippen LogP contribution is 2.43. The van der Waals surface area contributed by atoms with Gasteiger partial charge in [-0.25, -0.2) is 14.8 Å². The molecule has 0 amide bonds. The zero-order valence-corrected chi connectivity index (χ0v) is 16.8. The Morgan fingerprint density at radius 2 is 1.93 bits per heavy atom. The second kappa shape index (κ2) is 8.00. The lowest BCUT2D eigenvalue weighted by Crippen LogP contribution is -2.19. The summed E-state index contributed by atoms with van der Waals surface area (Å²) in [5, 5.41) is 9.13. The van der Waals surface area contributed by atoms with E-state index in [-0.39, 0.29) is 10.3 Å². The Morgan fingerprint density at radius 1 is 1.14 bits per heavy atom. The van der Waals surface area contributed by atoms with E-state index < -0.39 is 5.97 Å². The highest BCUT2D eigenvalue weighted by molar-refractivity contribution is 8.04. The van der Waals surface area contributed by atoms with Crippen molar-refractivity contribution >= 4 is 17.7 Å². The average Bonchev–Trinajstić information content (AvgIpc) is 3.13. The van der Waals surface area contributed by atoms with Gasteiger partial charge in [-0.05, 0) is 43.2 Å². The number of carboxylic acid groups (broad SMARTS) is 1. The van der Waals surface area contributed by atoms with E-state index in [1.165, 1.54) is 11.8 Å². The molecule has 3 aromatic heterocycles. The maximum atomic E-state index is 11.5. The molecule has 4 heterocycles. The van der Waals surface area contributed by atoms with Crippen LogP contribution in [-0.2, 0) is 11.3 Å². The van der Waals surface area contributed by atoms with E-state index in [2.05, 4.69) is 26.0 Å². The molecule has 0 bridgehead atoms. The van der Waals surface area contributed by atoms with Gasteiger partial charge in [-0.3, -0.25) is 9.97 Å². The number of hydrogen-bond acceptors (Lipinski definition) is 7. The van der Waals surface area contributed by atoms with Gasteiger partial charge >= 0.3 is 5.97 Å². The van der Waals surface area contributed by atoms with Crippen LogP contribution < -0.4 is 0 Å². The molecule has 4 rings (SSSR count). The number of hydrogen-bond donors (Lipinski definition) is 1. The Morgan fingerprint density at radius 3 is 2.62 bits per heavy atom. The van der Waals surface area contributed by atoms with Crippen LogP contribution in [0.25, 0.3) is 11.3 Å². The zero-order valence-electron chi connectivity index (χ0n) is 16.0. The molecule has 146 valence electrons. The summed E-state index contributed by atoms with van der Waals surface area (Å²) < 4.78 is 0. The molecule has 1 aliphatic rings. The normalized spacial score (nSPS) is 16.0. The molecule has 1 N–H and O–H groups in total. The summed E-state index contributed by atoms with van der Waals surface area (Å²) in [5.41, 5.74) is 4.93. The highest BCUT2D eigenvalue weighted by atomic mass is 32.2. The Bertz CT molecular complexity index is 1090. The number of carboxylic acids is 1. The van der Waals surface area contributed by atoms with Crippen LogP contribution in [0, 0.1) is 13.8 Å². The van der Waals surface area contributed by atoms with Gasteiger partial charge in [-0.15, -0.1) is 0 Å². The van der Waals surface area contributed by atoms with E-state index in [9.17, 15) is 9.90 Å². The van der Waals surface area contributed by atoms with Crippen LogP contribution in [0.2, 0.25) is 0 Å². The number of pyridine rings is 2. The van der Waals surface area contributed by atoms with Gasteiger partial charge in [-0.2, -0.15) is 0 Å². The number of aliphatic carboxylic acids is 1. The molecule has 0 spiro atoms. The summed E-state index contributed by atoms with van der Waals surface area (Å²) in [7, 11) is 0. The minimum atomic E-state index is -0.948. The number of aryl methyl sites for hydroxylation is 2. The topological polar surface area (TPSA) is 92.1 Å². The SMILES string of the molecule is Cc1cc(-c2ncc(CN3C=C(C(=O)O)SC3c3ncccn3)cc2C)ccn1. The van der Waals surface area contributed by atoms with Gasteiger partial charge < -0.3 is 10.0 Å². The van der Waals surface area contributed by atoms with Crippen LogP contribution in [0.1, 0.15) is 28.0 Å². The predicted molar refractivity (Wildman–Crippen MR) is 111 cm³/mol. The summed E-state index contributed by atoms with van der Waals surface area (Å²) in [6, 6.07) is 7.78. The van der Waals surface area contributed by atoms with E-state index >= 15 is 0 Å². The van der Waals surface area contributed by atoms with Gasteiger partial charge in [0.2, 0.25) is 0 Å². The third-order valence-corrected chi connectivity index (χ3v) is 5.75. The largest absolute Gasteiger partial charge is 0.477 e. The Labute approximate surface area is 172 Å². The second-order valence-corrected chi connectivity index (χ2v) is 7.87. The molecular weight excluding hydrogens is 386 g/mol. The summed E-state index contributed by atoms with van der Waals surface area (Å²) in [6.45, 7) is 4.49. The van der Waals surface area contributed by atoms with Gasteiger partial charge in [0.15, 0.2) is 5.82 Å². The van der Waals surface area contributed by atoms with Crippen molar-refractivity contribution in [1.29, 1.82) is 0 Å². The fourth-order valence-corrected chi connectivity index (χ4v) is 4.27. The van der Waals surface area contributed by atoms with E-state index in [4.69, 9.17) is 0 Å². The molecule has 1 unspecified atom stereocenters. The number of rotatable bonds is 5. The Hall–Kier alpha value is -3.26. The smallest absolute Gasteiger partial charge is 0.343 e. The van der Waals surface area contributed by atoms with Crippen LogP contribution in [0.5, 0.6) is 0 Å². The maximum Gasteiger partial charge on any atom is 0.343 e. The molecule has 0 radical (unpaired) electrons. The monoisotopic (exact) mass is 405 g/mol. The molecule has 29 heavy (non-hydrogen) atoms. The first-order valence-corrected chi connectivity index (χ1v) is 9.92. The van der Waals surface area contributed by atoms with E-state index in [0.29, 0.717) is 12.4 Å². The van der Waals surface area contributed by atoms with Crippen LogP contribution in [0.15, 0.2) is 60.2 Å². The van der Waals surface area contributed by atoms with Gasteiger partial charge in [0, 0.05) is 48.8 Å². The molecule has 3 aromatic rings. The fourth-order valence-electron chi connectivity index (χ4n) is 3.24. The highest BCUT2D eigenvalue weighted by Gasteiger charge is 2.32. The molecule has 0 saturated heterocycles. The van der Waals surface area contributed by atoms with Crippen molar-refractivity contribution in [2.75, 3.05) is 0 Å². The number of thioether (sulfide) groups is 1. The van der Waals surface area contributed by atoms with Gasteiger partial charge in [0.25, 0.3) is 0 Å². The van der Waals surface area contributed by atoms with Crippen molar-refractivity contribution in [1.82, 2.24) is 24.8 Å². The maximum absolute atomic E-state index is 11.5. The first-order valence-electron chi connectivity index (χ1n) is 9.04. The molecule has 0 aromatic carbocycles. The zero-order chi connectivity index (χ0) is 20.4. The minimum Gasteiger partial charge on any atom is -0.477 e. The van der Waals surface area contributed by atoms with Crippen molar-refractivity contribution in [2.24, 2.45) is 0 Å². The molecule has 0 aliphatic carbocycles. The van der Waals surface area contributed by atoms with Gasteiger partial charge in [-0.1, -0.05) is 17.8 Å². The van der Waals surface area contributed by atoms with Gasteiger partial charge in [0.05, 0.1) is 5.69 Å². The van der Waals surface area contributed by atoms with Crippen LogP contribution in [0.3, 0.4) is 0 Å². The summed E-state index contributed by atoms with van der Waals surface area (Å²) in [4.78, 5) is 31.2. The first-order chi connectivity index (χ1) is 14.0. The van der Waals surface area contributed by atoms with Crippen molar-refractivity contribution in [2.45, 2.75) is 25.8 Å². The third-order valence-electron chi connectivity index (χ3n) is 4.51. The van der Waals surface area contributed by atoms with E-state index in [1.807, 2.05) is 37.1 Å². The Balaban J connectivity index is 1.61. The number of carbonyl (C=O) groups is 1. The predicted octanol–water partition coefficient (Wildman–Crippen LogP) is 3.72. The van der Waals surface area contributed by atoms with Crippen molar-refractivity contribution in [3.05, 3.63) is 82.8 Å². The molecule has 1 aliphatic heterocycles. The first kappa shape index (κ1) is 19.1. The molecule has 0 saturated carbocycles. The molecule has 7 nitrogen and oxygen atoms in total. The second-order valence-electron chi connectivity index (χ2n) is 6.74. The summed E-state index contributed by atoms with van der Waals surface area (Å²) >= 11 is 1.24. The lowest BCUT2D eigenvalue weighted by Gasteiger charge is -2.23. The molecule has 1 atom stereocenters. The van der Waals surface area contributed by atoms with Gasteiger partial charge in [0.1, 0.15) is 10.3 Å². The lowest BCUT2D eigenvalue weighted by molar-refractivity contribution is -0.131. The average molecular weight is 405 g/mol. The van der Waals surface area contributed by atoms with Crippen LogP contribution >= 0.6 is 11.8 Å². The van der Waals surface area contributed by atoms with Crippen LogP contribution in [0.4, 0.5) is 0 Å². The van der Waals surface area contributed by atoms with Crippen molar-refractivity contribution in [3.63, 3.8) is 0 Å². The number of aromatic nitrogens is 4. The van der Waals surface area contributed by atoms with Crippen molar-refractivity contribution in [3.8, 4) is 11.3 Å². The standard InChI is InChI=1S/C21H19N5O2S/c1-13-8-15(10-25-18(13)16-4-7-22-14(2)9-16)11-26-12-17(21(27)28)29-20(26)19-23-5-3-6-24-19/h3-10,12,20H,11H2,1-2H3,(H,27,28). The number of nitrogens with zero attached hydrogens (tertiary/aromatic N) is 5. The molecule has 8 heteroatoms. The lowest BCUT2D eigenvalue weighted by atomic mass is 10.1. The quantitative estimate of drug-likeness (QED) is 0.687. The van der Waals surface area contributed by atoms with E-state index in [0.717, 1.165) is 28.1 Å². The fraction of sp³-hybridized carbons (Fsp3) is 0.190. The summed E-state index contributed by atoms with van der Waals surface area (Å²) in [6.07, 6.45) is 8.60. The van der Waals surface area contributed by atoms with Crippen molar-refractivity contribution < 1.29 is 9.90 Å². The molecular formula is C21H19N5O2S. The summed E-state index contributed by atoms with van der Waals surface area (Å²) in [5.74, 6) is -0.366. The Kier molecular flexibility index (Phi) is 5.26.